The first-order valence-electron chi connectivity index (χ1n) is 5.94. The van der Waals surface area contributed by atoms with Crippen LogP contribution in [0.4, 0.5) is 5.95 Å². The van der Waals surface area contributed by atoms with Crippen LogP contribution in [-0.2, 0) is 0 Å². The quantitative estimate of drug-likeness (QED) is 0.810. The van der Waals surface area contributed by atoms with E-state index in [1.807, 2.05) is 12.4 Å². The summed E-state index contributed by atoms with van der Waals surface area (Å²) in [5, 5.41) is 0. The van der Waals surface area contributed by atoms with Crippen molar-refractivity contribution >= 4 is 28.5 Å². The van der Waals surface area contributed by atoms with E-state index in [0.29, 0.717) is 0 Å². The maximum absolute atomic E-state index is 5.59. The van der Waals surface area contributed by atoms with Crippen LogP contribution in [0.5, 0.6) is 0 Å². The van der Waals surface area contributed by atoms with Crippen LogP contribution in [0, 0.1) is 3.57 Å². The van der Waals surface area contributed by atoms with E-state index in [4.69, 9.17) is 5.73 Å². The molecule has 2 rings (SSSR count). The molecule has 1 aliphatic heterocycles. The minimum Gasteiger partial charge on any atom is -0.339 e. The number of nitrogens with two attached hydrogens (primary N) is 1. The van der Waals surface area contributed by atoms with Crippen molar-refractivity contribution in [3.63, 3.8) is 0 Å². The van der Waals surface area contributed by atoms with Gasteiger partial charge in [-0.2, -0.15) is 0 Å². The van der Waals surface area contributed by atoms with Crippen LogP contribution in [0.3, 0.4) is 0 Å². The lowest BCUT2D eigenvalue weighted by Gasteiger charge is -2.21. The summed E-state index contributed by atoms with van der Waals surface area (Å²) in [7, 11) is 0. The molecule has 1 fully saturated rings. The molecule has 1 aliphatic rings. The third kappa shape index (κ3) is 3.75. The van der Waals surface area contributed by atoms with Gasteiger partial charge in [0.25, 0.3) is 0 Å². The standard InChI is InChI=1S/C11H18IN5/c12-10-8-14-11(15-9-10)17-4-1-3-16(5-2-13)6-7-17/h8-9H,1-7,13H2. The fourth-order valence-corrected chi connectivity index (χ4v) is 2.32. The molecule has 1 aromatic heterocycles. The Kier molecular flexibility index (Phi) is 4.93. The van der Waals surface area contributed by atoms with Crippen LogP contribution >= 0.6 is 22.6 Å². The normalized spacial score (nSPS) is 18.1. The fourth-order valence-electron chi connectivity index (χ4n) is 2.05. The van der Waals surface area contributed by atoms with Gasteiger partial charge in [-0.05, 0) is 35.6 Å². The van der Waals surface area contributed by atoms with Gasteiger partial charge < -0.3 is 15.5 Å². The molecule has 0 aromatic carbocycles. The topological polar surface area (TPSA) is 58.3 Å². The molecule has 0 atom stereocenters. The minimum atomic E-state index is 0.736. The zero-order chi connectivity index (χ0) is 12.1. The van der Waals surface area contributed by atoms with E-state index in [2.05, 4.69) is 42.4 Å². The van der Waals surface area contributed by atoms with Crippen LogP contribution in [0.25, 0.3) is 0 Å². The number of nitrogens with zero attached hydrogens (tertiary/aromatic N) is 4. The number of rotatable bonds is 3. The minimum absolute atomic E-state index is 0.736. The molecular weight excluding hydrogens is 329 g/mol. The Morgan fingerprint density at radius 1 is 1.18 bits per heavy atom. The van der Waals surface area contributed by atoms with E-state index in [-0.39, 0.29) is 0 Å². The third-order valence-electron chi connectivity index (χ3n) is 2.92. The Labute approximate surface area is 116 Å². The summed E-state index contributed by atoms with van der Waals surface area (Å²) in [6.07, 6.45) is 4.88. The number of hydrogen-bond donors (Lipinski definition) is 1. The van der Waals surface area contributed by atoms with Gasteiger partial charge in [0.05, 0.1) is 0 Å². The molecule has 1 aromatic rings. The molecule has 5 nitrogen and oxygen atoms in total. The van der Waals surface area contributed by atoms with Gasteiger partial charge in [0, 0.05) is 48.7 Å². The van der Waals surface area contributed by atoms with Gasteiger partial charge >= 0.3 is 0 Å². The smallest absolute Gasteiger partial charge is 0.225 e. The molecule has 1 saturated heterocycles. The van der Waals surface area contributed by atoms with Crippen molar-refractivity contribution in [2.45, 2.75) is 6.42 Å². The van der Waals surface area contributed by atoms with Crippen molar-refractivity contribution in [3.05, 3.63) is 16.0 Å². The second-order valence-corrected chi connectivity index (χ2v) is 5.42. The molecule has 2 N–H and O–H groups in total. The predicted molar refractivity (Wildman–Crippen MR) is 77.1 cm³/mol. The Bertz CT molecular complexity index is 342. The van der Waals surface area contributed by atoms with E-state index in [1.165, 1.54) is 0 Å². The Morgan fingerprint density at radius 3 is 2.65 bits per heavy atom. The first kappa shape index (κ1) is 13.0. The van der Waals surface area contributed by atoms with Crippen LogP contribution in [0.1, 0.15) is 6.42 Å². The molecule has 0 spiro atoms. The molecule has 0 aliphatic carbocycles. The summed E-state index contributed by atoms with van der Waals surface area (Å²) in [5.41, 5.74) is 5.59. The SMILES string of the molecule is NCCN1CCCN(c2ncc(I)cn2)CC1. The van der Waals surface area contributed by atoms with E-state index >= 15 is 0 Å². The van der Waals surface area contributed by atoms with Gasteiger partial charge in [0.2, 0.25) is 5.95 Å². The summed E-state index contributed by atoms with van der Waals surface area (Å²) >= 11 is 2.22. The number of aromatic nitrogens is 2. The van der Waals surface area contributed by atoms with Crippen LogP contribution < -0.4 is 10.6 Å². The van der Waals surface area contributed by atoms with Gasteiger partial charge in [-0.25, -0.2) is 9.97 Å². The largest absolute Gasteiger partial charge is 0.339 e. The third-order valence-corrected chi connectivity index (χ3v) is 3.48. The second kappa shape index (κ2) is 6.46. The first-order chi connectivity index (χ1) is 8.29. The van der Waals surface area contributed by atoms with Crippen LogP contribution in [0.15, 0.2) is 12.4 Å². The maximum Gasteiger partial charge on any atom is 0.225 e. The van der Waals surface area contributed by atoms with E-state index in [1.54, 1.807) is 0 Å². The molecule has 6 heteroatoms. The molecule has 0 amide bonds. The van der Waals surface area contributed by atoms with E-state index in [0.717, 1.165) is 55.2 Å². The Morgan fingerprint density at radius 2 is 1.94 bits per heavy atom. The summed E-state index contributed by atoms with van der Waals surface area (Å²) in [5.74, 6) is 0.847. The van der Waals surface area contributed by atoms with Crippen molar-refractivity contribution in [1.29, 1.82) is 0 Å². The van der Waals surface area contributed by atoms with Crippen molar-refractivity contribution in [2.75, 3.05) is 44.2 Å². The fraction of sp³-hybridized carbons (Fsp3) is 0.636. The molecule has 2 heterocycles. The highest BCUT2D eigenvalue weighted by atomic mass is 127. The van der Waals surface area contributed by atoms with Crippen molar-refractivity contribution in [3.8, 4) is 0 Å². The van der Waals surface area contributed by atoms with Gasteiger partial charge in [-0.15, -0.1) is 0 Å². The molecule has 0 bridgehead atoms. The van der Waals surface area contributed by atoms with Gasteiger partial charge in [0.15, 0.2) is 0 Å². The summed E-state index contributed by atoms with van der Waals surface area (Å²) in [4.78, 5) is 13.4. The maximum atomic E-state index is 5.59. The van der Waals surface area contributed by atoms with Gasteiger partial charge in [-0.3, -0.25) is 0 Å². The van der Waals surface area contributed by atoms with Crippen LogP contribution in [0.2, 0.25) is 0 Å². The zero-order valence-corrected chi connectivity index (χ0v) is 12.0. The van der Waals surface area contributed by atoms with Gasteiger partial charge in [-0.1, -0.05) is 0 Å². The summed E-state index contributed by atoms with van der Waals surface area (Å²) in [6.45, 7) is 5.91. The van der Waals surface area contributed by atoms with Crippen molar-refractivity contribution < 1.29 is 0 Å². The van der Waals surface area contributed by atoms with Crippen LogP contribution in [-0.4, -0.2) is 54.1 Å². The second-order valence-electron chi connectivity index (χ2n) is 4.17. The van der Waals surface area contributed by atoms with E-state index < -0.39 is 0 Å². The van der Waals surface area contributed by atoms with Crippen molar-refractivity contribution in [1.82, 2.24) is 14.9 Å². The summed E-state index contributed by atoms with van der Waals surface area (Å²) < 4.78 is 1.07. The van der Waals surface area contributed by atoms with E-state index in [9.17, 15) is 0 Å². The molecular formula is C11H18IN5. The lowest BCUT2D eigenvalue weighted by atomic mass is 10.4. The highest BCUT2D eigenvalue weighted by molar-refractivity contribution is 14.1. The summed E-state index contributed by atoms with van der Waals surface area (Å²) in [6, 6.07) is 0. The number of anilines is 1. The lowest BCUT2D eigenvalue weighted by Crippen LogP contribution is -2.34. The molecule has 0 radical (unpaired) electrons. The highest BCUT2D eigenvalue weighted by Crippen LogP contribution is 2.11. The lowest BCUT2D eigenvalue weighted by molar-refractivity contribution is 0.302. The Hall–Kier alpha value is -0.470. The monoisotopic (exact) mass is 347 g/mol. The highest BCUT2D eigenvalue weighted by Gasteiger charge is 2.15. The average molecular weight is 347 g/mol. The van der Waals surface area contributed by atoms with Crippen molar-refractivity contribution in [2.24, 2.45) is 5.73 Å². The predicted octanol–water partition coefficient (Wildman–Crippen LogP) is 0.552. The number of halogens is 1. The first-order valence-corrected chi connectivity index (χ1v) is 7.02. The zero-order valence-electron chi connectivity index (χ0n) is 9.85. The van der Waals surface area contributed by atoms with Gasteiger partial charge in [0.1, 0.15) is 0 Å². The molecule has 0 unspecified atom stereocenters. The average Bonchev–Trinajstić information content (AvgIpc) is 2.56. The molecule has 0 saturated carbocycles. The molecule has 94 valence electrons. The Balaban J connectivity index is 1.96. The molecule has 17 heavy (non-hydrogen) atoms. The number of hydrogen-bond acceptors (Lipinski definition) is 5.